The third-order valence-corrected chi connectivity index (χ3v) is 5.11. The summed E-state index contributed by atoms with van der Waals surface area (Å²) >= 11 is 1.90. The number of hydrogen-bond donors (Lipinski definition) is 1. The van der Waals surface area contributed by atoms with E-state index in [1.807, 2.05) is 11.3 Å². The van der Waals surface area contributed by atoms with Crippen molar-refractivity contribution >= 4 is 11.3 Å². The molecule has 1 unspecified atom stereocenters. The molecule has 1 aromatic heterocycles. The highest BCUT2D eigenvalue weighted by Gasteiger charge is 2.14. The van der Waals surface area contributed by atoms with E-state index in [0.717, 1.165) is 6.54 Å². The Morgan fingerprint density at radius 3 is 2.29 bits per heavy atom. The van der Waals surface area contributed by atoms with E-state index in [4.69, 9.17) is 0 Å². The second kappa shape index (κ2) is 6.76. The van der Waals surface area contributed by atoms with E-state index in [0.29, 0.717) is 6.04 Å². The van der Waals surface area contributed by atoms with Crippen molar-refractivity contribution in [1.29, 1.82) is 0 Å². The Morgan fingerprint density at radius 2 is 1.71 bits per heavy atom. The monoisotopic (exact) mass is 301 g/mol. The number of nitrogens with one attached hydrogen (secondary N) is 1. The molecule has 2 rings (SSSR count). The fourth-order valence-electron chi connectivity index (χ4n) is 2.34. The average molecular weight is 301 g/mol. The van der Waals surface area contributed by atoms with Crippen LogP contribution in [0.5, 0.6) is 0 Å². The molecule has 0 bridgehead atoms. The minimum Gasteiger partial charge on any atom is -0.309 e. The summed E-state index contributed by atoms with van der Waals surface area (Å²) in [6.45, 7) is 12.3. The maximum absolute atomic E-state index is 3.55. The van der Waals surface area contributed by atoms with Crippen molar-refractivity contribution in [1.82, 2.24) is 5.32 Å². The molecule has 0 amide bonds. The summed E-state index contributed by atoms with van der Waals surface area (Å²) in [5.41, 5.74) is 2.93. The number of hydrogen-bond acceptors (Lipinski definition) is 2. The van der Waals surface area contributed by atoms with Crippen molar-refractivity contribution in [3.8, 4) is 10.4 Å². The van der Waals surface area contributed by atoms with Crippen LogP contribution in [-0.4, -0.2) is 6.54 Å². The highest BCUT2D eigenvalue weighted by molar-refractivity contribution is 7.15. The summed E-state index contributed by atoms with van der Waals surface area (Å²) in [5.74, 6) is 0. The Morgan fingerprint density at radius 1 is 1.05 bits per heavy atom. The van der Waals surface area contributed by atoms with Gasteiger partial charge in [-0.3, -0.25) is 0 Å². The molecule has 0 fully saturated rings. The quantitative estimate of drug-likeness (QED) is 0.739. The highest BCUT2D eigenvalue weighted by Crippen LogP contribution is 2.32. The van der Waals surface area contributed by atoms with Gasteiger partial charge >= 0.3 is 0 Å². The number of rotatable bonds is 5. The molecule has 2 aromatic rings. The zero-order valence-corrected chi connectivity index (χ0v) is 14.7. The van der Waals surface area contributed by atoms with Crippen molar-refractivity contribution < 1.29 is 0 Å². The predicted molar refractivity (Wildman–Crippen MR) is 95.2 cm³/mol. The van der Waals surface area contributed by atoms with Gasteiger partial charge in [0, 0.05) is 15.8 Å². The highest BCUT2D eigenvalue weighted by atomic mass is 32.1. The maximum Gasteiger partial charge on any atom is 0.0386 e. The van der Waals surface area contributed by atoms with Crippen LogP contribution >= 0.6 is 11.3 Å². The summed E-state index contributed by atoms with van der Waals surface area (Å²) < 4.78 is 0. The van der Waals surface area contributed by atoms with Gasteiger partial charge in [-0.25, -0.2) is 0 Å². The molecule has 0 aliphatic carbocycles. The molecule has 1 nitrogen and oxygen atoms in total. The van der Waals surface area contributed by atoms with E-state index in [-0.39, 0.29) is 5.41 Å². The van der Waals surface area contributed by atoms with Crippen LogP contribution in [-0.2, 0) is 5.41 Å². The molecular formula is C19H27NS. The molecule has 0 saturated heterocycles. The van der Waals surface area contributed by atoms with Gasteiger partial charge in [0.25, 0.3) is 0 Å². The lowest BCUT2D eigenvalue weighted by molar-refractivity contribution is 0.578. The summed E-state index contributed by atoms with van der Waals surface area (Å²) in [6, 6.07) is 14.0. The fourth-order valence-corrected chi connectivity index (χ4v) is 3.38. The number of thiophene rings is 1. The van der Waals surface area contributed by atoms with Gasteiger partial charge in [0.15, 0.2) is 0 Å². The molecule has 21 heavy (non-hydrogen) atoms. The summed E-state index contributed by atoms with van der Waals surface area (Å²) in [7, 11) is 0. The Kier molecular flexibility index (Phi) is 5.23. The van der Waals surface area contributed by atoms with Gasteiger partial charge in [-0.1, -0.05) is 52.0 Å². The summed E-state index contributed by atoms with van der Waals surface area (Å²) in [5, 5.41) is 3.55. The van der Waals surface area contributed by atoms with Gasteiger partial charge in [-0.05, 0) is 48.6 Å². The standard InChI is InChI=1S/C19H27NS/c1-6-13-20-14(2)17-11-12-18(21-17)15-7-9-16(10-8-15)19(3,4)5/h7-12,14,20H,6,13H2,1-5H3. The second-order valence-electron chi connectivity index (χ2n) is 6.71. The van der Waals surface area contributed by atoms with Crippen molar-refractivity contribution in [2.45, 2.75) is 52.5 Å². The third kappa shape index (κ3) is 4.18. The van der Waals surface area contributed by atoms with Gasteiger partial charge in [0.05, 0.1) is 0 Å². The first-order valence-corrected chi connectivity index (χ1v) is 8.67. The fraction of sp³-hybridized carbons (Fsp3) is 0.474. The van der Waals surface area contributed by atoms with Crippen LogP contribution in [0, 0.1) is 0 Å². The first kappa shape index (κ1) is 16.3. The minimum absolute atomic E-state index is 0.220. The Balaban J connectivity index is 2.14. The van der Waals surface area contributed by atoms with Crippen LogP contribution in [0.25, 0.3) is 10.4 Å². The summed E-state index contributed by atoms with van der Waals surface area (Å²) in [6.07, 6.45) is 1.18. The zero-order valence-electron chi connectivity index (χ0n) is 13.9. The van der Waals surface area contributed by atoms with Crippen LogP contribution in [0.15, 0.2) is 36.4 Å². The van der Waals surface area contributed by atoms with Crippen molar-refractivity contribution in [2.75, 3.05) is 6.54 Å². The number of benzene rings is 1. The lowest BCUT2D eigenvalue weighted by Gasteiger charge is -2.19. The zero-order chi connectivity index (χ0) is 15.5. The van der Waals surface area contributed by atoms with Gasteiger partial charge in [-0.2, -0.15) is 0 Å². The first-order valence-electron chi connectivity index (χ1n) is 7.86. The second-order valence-corrected chi connectivity index (χ2v) is 7.82. The summed E-state index contributed by atoms with van der Waals surface area (Å²) in [4.78, 5) is 2.77. The minimum atomic E-state index is 0.220. The molecule has 1 aromatic carbocycles. The van der Waals surface area contributed by atoms with Gasteiger partial charge in [0.1, 0.15) is 0 Å². The molecule has 114 valence electrons. The third-order valence-electron chi connectivity index (χ3n) is 3.79. The van der Waals surface area contributed by atoms with E-state index in [2.05, 4.69) is 76.3 Å². The maximum atomic E-state index is 3.55. The molecule has 0 aliphatic rings. The van der Waals surface area contributed by atoms with E-state index >= 15 is 0 Å². The molecule has 2 heteroatoms. The molecule has 1 atom stereocenters. The van der Waals surface area contributed by atoms with E-state index in [1.54, 1.807) is 0 Å². The molecule has 1 heterocycles. The van der Waals surface area contributed by atoms with Crippen LogP contribution < -0.4 is 5.32 Å². The van der Waals surface area contributed by atoms with Crippen LogP contribution in [0.3, 0.4) is 0 Å². The first-order chi connectivity index (χ1) is 9.91. The molecule has 0 saturated carbocycles. The smallest absolute Gasteiger partial charge is 0.0386 e. The normalized spacial score (nSPS) is 13.4. The molecule has 0 aliphatic heterocycles. The van der Waals surface area contributed by atoms with Gasteiger partial charge in [-0.15, -0.1) is 11.3 Å². The topological polar surface area (TPSA) is 12.0 Å². The predicted octanol–water partition coefficient (Wildman–Crippen LogP) is 5.77. The van der Waals surface area contributed by atoms with E-state index in [1.165, 1.54) is 27.3 Å². The molecule has 0 spiro atoms. The molecule has 0 radical (unpaired) electrons. The lowest BCUT2D eigenvalue weighted by atomic mass is 9.86. The largest absolute Gasteiger partial charge is 0.309 e. The van der Waals surface area contributed by atoms with Gasteiger partial charge in [0.2, 0.25) is 0 Å². The van der Waals surface area contributed by atoms with E-state index in [9.17, 15) is 0 Å². The van der Waals surface area contributed by atoms with Crippen LogP contribution in [0.1, 0.15) is 57.5 Å². The van der Waals surface area contributed by atoms with Crippen LogP contribution in [0.2, 0.25) is 0 Å². The van der Waals surface area contributed by atoms with Crippen molar-refractivity contribution in [2.24, 2.45) is 0 Å². The Bertz CT molecular complexity index is 560. The van der Waals surface area contributed by atoms with E-state index < -0.39 is 0 Å². The molecule has 1 N–H and O–H groups in total. The Hall–Kier alpha value is -1.12. The SMILES string of the molecule is CCCNC(C)c1ccc(-c2ccc(C(C)(C)C)cc2)s1. The van der Waals surface area contributed by atoms with Crippen LogP contribution in [0.4, 0.5) is 0 Å². The Labute approximate surface area is 133 Å². The van der Waals surface area contributed by atoms with Gasteiger partial charge < -0.3 is 5.32 Å². The average Bonchev–Trinajstić information content (AvgIpc) is 2.94. The lowest BCUT2D eigenvalue weighted by Crippen LogP contribution is -2.18. The van der Waals surface area contributed by atoms with Crippen molar-refractivity contribution in [3.05, 3.63) is 46.8 Å². The molecular weight excluding hydrogens is 274 g/mol. The van der Waals surface area contributed by atoms with Crippen molar-refractivity contribution in [3.63, 3.8) is 0 Å².